The molecule has 0 saturated carbocycles. The largest absolute Gasteiger partial charge is 0.370 e. The summed E-state index contributed by atoms with van der Waals surface area (Å²) in [7, 11) is 0. The predicted octanol–water partition coefficient (Wildman–Crippen LogP) is 3.98. The third-order valence-electron chi connectivity index (χ3n) is 4.46. The highest BCUT2D eigenvalue weighted by atomic mass is 16.2. The molecule has 1 aliphatic heterocycles. The van der Waals surface area contributed by atoms with Crippen LogP contribution in [0.3, 0.4) is 0 Å². The Morgan fingerprint density at radius 2 is 1.88 bits per heavy atom. The summed E-state index contributed by atoms with van der Waals surface area (Å²) < 4.78 is 0. The summed E-state index contributed by atoms with van der Waals surface area (Å²) in [5, 5.41) is 3.33. The zero-order valence-corrected chi connectivity index (χ0v) is 14.9. The van der Waals surface area contributed by atoms with Gasteiger partial charge in [-0.3, -0.25) is 4.79 Å². The van der Waals surface area contributed by atoms with E-state index in [-0.39, 0.29) is 5.91 Å². The lowest BCUT2D eigenvalue weighted by atomic mass is 10.1. The van der Waals surface area contributed by atoms with Gasteiger partial charge in [-0.15, -0.1) is 0 Å². The first-order chi connectivity index (χ1) is 12.3. The average Bonchev–Trinajstić information content (AvgIpc) is 2.69. The minimum atomic E-state index is 0.0119. The Labute approximate surface area is 149 Å². The van der Waals surface area contributed by atoms with Crippen LogP contribution in [0.15, 0.2) is 36.4 Å². The second kappa shape index (κ2) is 8.60. The molecule has 0 bridgehead atoms. The molecule has 0 radical (unpaired) electrons. The molecule has 1 aliphatic rings. The smallest absolute Gasteiger partial charge is 0.272 e. The molecular formula is C20H26N4O. The van der Waals surface area contributed by atoms with Crippen LogP contribution in [0.2, 0.25) is 0 Å². The van der Waals surface area contributed by atoms with Gasteiger partial charge < -0.3 is 10.2 Å². The number of amides is 1. The van der Waals surface area contributed by atoms with Crippen LogP contribution in [0.5, 0.6) is 0 Å². The number of nitrogens with one attached hydrogen (secondary N) is 1. The normalized spacial score (nSPS) is 14.4. The monoisotopic (exact) mass is 338 g/mol. The highest BCUT2D eigenvalue weighted by Crippen LogP contribution is 2.20. The third-order valence-corrected chi connectivity index (χ3v) is 4.46. The summed E-state index contributed by atoms with van der Waals surface area (Å²) in [4.78, 5) is 24.0. The third kappa shape index (κ3) is 4.56. The lowest BCUT2D eigenvalue weighted by Gasteiger charge is -2.26. The maximum absolute atomic E-state index is 12.9. The number of unbranched alkanes of at least 4 members (excludes halogenated alkanes) is 1. The van der Waals surface area contributed by atoms with E-state index in [1.807, 2.05) is 35.2 Å². The first kappa shape index (κ1) is 17.4. The fourth-order valence-electron chi connectivity index (χ4n) is 3.02. The topological polar surface area (TPSA) is 58.1 Å². The molecule has 5 nitrogen and oxygen atoms in total. The number of hydrogen-bond acceptors (Lipinski definition) is 4. The van der Waals surface area contributed by atoms with Crippen LogP contribution in [0.4, 0.5) is 5.82 Å². The number of anilines is 1. The van der Waals surface area contributed by atoms with E-state index >= 15 is 0 Å². The van der Waals surface area contributed by atoms with Gasteiger partial charge in [0.15, 0.2) is 5.82 Å². The summed E-state index contributed by atoms with van der Waals surface area (Å²) in [6.07, 6.45) is 5.53. The molecule has 1 aromatic heterocycles. The van der Waals surface area contributed by atoms with Crippen LogP contribution in [0.1, 0.15) is 49.5 Å². The summed E-state index contributed by atoms with van der Waals surface area (Å²) in [6.45, 7) is 4.64. The van der Waals surface area contributed by atoms with Gasteiger partial charge >= 0.3 is 0 Å². The van der Waals surface area contributed by atoms with Gasteiger partial charge in [0, 0.05) is 31.3 Å². The molecule has 132 valence electrons. The summed E-state index contributed by atoms with van der Waals surface area (Å²) in [5.41, 5.74) is 1.41. The molecule has 3 rings (SSSR count). The van der Waals surface area contributed by atoms with Crippen molar-refractivity contribution in [3.8, 4) is 11.4 Å². The zero-order chi connectivity index (χ0) is 17.5. The Bertz CT molecular complexity index is 696. The molecule has 25 heavy (non-hydrogen) atoms. The van der Waals surface area contributed by atoms with E-state index in [4.69, 9.17) is 0 Å². The van der Waals surface area contributed by atoms with Crippen LogP contribution in [-0.2, 0) is 0 Å². The zero-order valence-electron chi connectivity index (χ0n) is 14.9. The lowest BCUT2D eigenvalue weighted by molar-refractivity contribution is 0.0718. The number of piperidine rings is 1. The van der Waals surface area contributed by atoms with Crippen LogP contribution in [-0.4, -0.2) is 40.4 Å². The van der Waals surface area contributed by atoms with Crippen molar-refractivity contribution in [3.63, 3.8) is 0 Å². The van der Waals surface area contributed by atoms with E-state index in [9.17, 15) is 4.79 Å². The minimum Gasteiger partial charge on any atom is -0.370 e. The molecule has 1 amide bonds. The summed E-state index contributed by atoms with van der Waals surface area (Å²) >= 11 is 0. The minimum absolute atomic E-state index is 0.0119. The van der Waals surface area contributed by atoms with E-state index < -0.39 is 0 Å². The molecule has 2 heterocycles. The Morgan fingerprint density at radius 1 is 1.12 bits per heavy atom. The second-order valence-corrected chi connectivity index (χ2v) is 6.46. The van der Waals surface area contributed by atoms with Crippen molar-refractivity contribution in [1.29, 1.82) is 0 Å². The van der Waals surface area contributed by atoms with Gasteiger partial charge in [0.05, 0.1) is 0 Å². The molecule has 0 atom stereocenters. The number of carbonyl (C=O) groups excluding carboxylic acids is 1. The maximum Gasteiger partial charge on any atom is 0.272 e. The van der Waals surface area contributed by atoms with Gasteiger partial charge in [-0.2, -0.15) is 0 Å². The van der Waals surface area contributed by atoms with Crippen molar-refractivity contribution < 1.29 is 4.79 Å². The molecule has 1 fully saturated rings. The first-order valence-corrected chi connectivity index (χ1v) is 9.25. The van der Waals surface area contributed by atoms with Crippen molar-refractivity contribution in [1.82, 2.24) is 14.9 Å². The standard InChI is InChI=1S/C20H26N4O/c1-2-3-12-21-18-15-17(20(25)24-13-8-5-9-14-24)22-19(23-18)16-10-6-4-7-11-16/h4,6-7,10-11,15H,2-3,5,8-9,12-14H2,1H3,(H,21,22,23). The van der Waals surface area contributed by atoms with Gasteiger partial charge in [0.1, 0.15) is 11.5 Å². The quantitative estimate of drug-likeness (QED) is 0.809. The van der Waals surface area contributed by atoms with Gasteiger partial charge in [-0.1, -0.05) is 43.7 Å². The first-order valence-electron chi connectivity index (χ1n) is 9.25. The molecule has 0 spiro atoms. The van der Waals surface area contributed by atoms with Crippen LogP contribution in [0, 0.1) is 0 Å². The Hall–Kier alpha value is -2.43. The number of rotatable bonds is 6. The SMILES string of the molecule is CCCCNc1cc(C(=O)N2CCCCC2)nc(-c2ccccc2)n1. The lowest BCUT2D eigenvalue weighted by Crippen LogP contribution is -2.36. The molecule has 1 saturated heterocycles. The van der Waals surface area contributed by atoms with E-state index in [0.29, 0.717) is 11.5 Å². The fourth-order valence-corrected chi connectivity index (χ4v) is 3.02. The summed E-state index contributed by atoms with van der Waals surface area (Å²) in [6, 6.07) is 11.6. The molecule has 2 aromatic rings. The second-order valence-electron chi connectivity index (χ2n) is 6.46. The van der Waals surface area contributed by atoms with E-state index in [2.05, 4.69) is 22.2 Å². The summed E-state index contributed by atoms with van der Waals surface area (Å²) in [5.74, 6) is 1.34. The van der Waals surface area contributed by atoms with Gasteiger partial charge in [-0.25, -0.2) is 9.97 Å². The number of aromatic nitrogens is 2. The molecule has 0 unspecified atom stereocenters. The van der Waals surface area contributed by atoms with Gasteiger partial charge in [0.2, 0.25) is 0 Å². The van der Waals surface area contributed by atoms with E-state index in [0.717, 1.165) is 56.7 Å². The van der Waals surface area contributed by atoms with Gasteiger partial charge in [0.25, 0.3) is 5.91 Å². The van der Waals surface area contributed by atoms with E-state index in [1.54, 1.807) is 6.07 Å². The number of likely N-dealkylation sites (tertiary alicyclic amines) is 1. The predicted molar refractivity (Wildman–Crippen MR) is 101 cm³/mol. The van der Waals surface area contributed by atoms with Crippen LogP contribution in [0.25, 0.3) is 11.4 Å². The van der Waals surface area contributed by atoms with Gasteiger partial charge in [-0.05, 0) is 25.7 Å². The maximum atomic E-state index is 12.9. The number of nitrogens with zero attached hydrogens (tertiary/aromatic N) is 3. The Balaban J connectivity index is 1.89. The molecular weight excluding hydrogens is 312 g/mol. The van der Waals surface area contributed by atoms with Crippen LogP contribution >= 0.6 is 0 Å². The number of hydrogen-bond donors (Lipinski definition) is 1. The Kier molecular flexibility index (Phi) is 5.99. The molecule has 1 aromatic carbocycles. The Morgan fingerprint density at radius 3 is 2.60 bits per heavy atom. The fraction of sp³-hybridized carbons (Fsp3) is 0.450. The molecule has 5 heteroatoms. The van der Waals surface area contributed by atoms with Crippen LogP contribution < -0.4 is 5.32 Å². The molecule has 0 aliphatic carbocycles. The van der Waals surface area contributed by atoms with Crippen molar-refractivity contribution in [2.24, 2.45) is 0 Å². The number of carbonyl (C=O) groups is 1. The van der Waals surface area contributed by atoms with Crippen molar-refractivity contribution in [2.45, 2.75) is 39.0 Å². The van der Waals surface area contributed by atoms with E-state index in [1.165, 1.54) is 6.42 Å². The average molecular weight is 338 g/mol. The van der Waals surface area contributed by atoms with Crippen molar-refractivity contribution in [3.05, 3.63) is 42.1 Å². The number of benzene rings is 1. The molecule has 1 N–H and O–H groups in total. The highest BCUT2D eigenvalue weighted by molar-refractivity contribution is 5.93. The highest BCUT2D eigenvalue weighted by Gasteiger charge is 2.21. The van der Waals surface area contributed by atoms with Crippen molar-refractivity contribution in [2.75, 3.05) is 25.0 Å². The van der Waals surface area contributed by atoms with Crippen molar-refractivity contribution >= 4 is 11.7 Å².